The molecule has 0 saturated carbocycles. The molecule has 1 fully saturated rings. The van der Waals surface area contributed by atoms with Crippen LogP contribution in [0.5, 0.6) is 0 Å². The van der Waals surface area contributed by atoms with Gasteiger partial charge in [0.05, 0.1) is 19.3 Å². The highest BCUT2D eigenvalue weighted by atomic mass is 35.5. The largest absolute Gasteiger partial charge is 0.368 e. The molecule has 1 aliphatic rings. The highest BCUT2D eigenvalue weighted by Gasteiger charge is 2.15. The monoisotopic (exact) mass is 333 g/mol. The normalized spacial score (nSPS) is 15.5. The van der Waals surface area contributed by atoms with Gasteiger partial charge < -0.3 is 4.90 Å². The fraction of sp³-hybridized carbons (Fsp3) is 0.235. The van der Waals surface area contributed by atoms with Crippen LogP contribution in [0.25, 0.3) is 0 Å². The molecular weight excluding hydrogens is 317 g/mol. The summed E-state index contributed by atoms with van der Waals surface area (Å²) in [4.78, 5) is 2.35. The van der Waals surface area contributed by atoms with Crippen molar-refractivity contribution in [3.05, 3.63) is 64.1 Å². The van der Waals surface area contributed by atoms with E-state index in [2.05, 4.69) is 27.1 Å². The predicted molar refractivity (Wildman–Crippen MR) is 94.3 cm³/mol. The lowest BCUT2D eigenvalue weighted by Gasteiger charge is -2.34. The average molecular weight is 334 g/mol. The van der Waals surface area contributed by atoms with Gasteiger partial charge in [0, 0.05) is 28.8 Å². The number of nitrogens with zero attached hydrogens (tertiary/aromatic N) is 3. The van der Waals surface area contributed by atoms with Crippen LogP contribution in [0.4, 0.5) is 5.69 Å². The van der Waals surface area contributed by atoms with E-state index >= 15 is 0 Å². The van der Waals surface area contributed by atoms with E-state index in [4.69, 9.17) is 23.2 Å². The van der Waals surface area contributed by atoms with E-state index in [0.29, 0.717) is 0 Å². The van der Waals surface area contributed by atoms with E-state index in [1.165, 1.54) is 5.69 Å². The van der Waals surface area contributed by atoms with Crippen LogP contribution in [0.2, 0.25) is 10.0 Å². The lowest BCUT2D eigenvalue weighted by Crippen LogP contribution is -2.44. The van der Waals surface area contributed by atoms with E-state index in [1.54, 1.807) is 0 Å². The number of hydrogen-bond donors (Lipinski definition) is 0. The second-order valence-corrected chi connectivity index (χ2v) is 6.09. The molecule has 1 aliphatic heterocycles. The lowest BCUT2D eigenvalue weighted by molar-refractivity contribution is 0.272. The Hall–Kier alpha value is -1.71. The summed E-state index contributed by atoms with van der Waals surface area (Å²) in [7, 11) is 0. The molecule has 0 aliphatic carbocycles. The van der Waals surface area contributed by atoms with Gasteiger partial charge in [0.2, 0.25) is 0 Å². The van der Waals surface area contributed by atoms with Crippen LogP contribution in [-0.2, 0) is 0 Å². The number of halogens is 2. The van der Waals surface area contributed by atoms with Gasteiger partial charge >= 0.3 is 0 Å². The van der Waals surface area contributed by atoms with Gasteiger partial charge in [0.25, 0.3) is 0 Å². The fourth-order valence-electron chi connectivity index (χ4n) is 2.42. The van der Waals surface area contributed by atoms with Gasteiger partial charge in [-0.3, -0.25) is 5.01 Å². The van der Waals surface area contributed by atoms with Gasteiger partial charge in [-0.15, -0.1) is 0 Å². The summed E-state index contributed by atoms with van der Waals surface area (Å²) in [5, 5.41) is 8.16. The van der Waals surface area contributed by atoms with Crippen molar-refractivity contribution in [3.63, 3.8) is 0 Å². The fourth-order valence-corrected chi connectivity index (χ4v) is 2.67. The third kappa shape index (κ3) is 3.93. The van der Waals surface area contributed by atoms with Crippen molar-refractivity contribution in [1.82, 2.24) is 5.01 Å². The van der Waals surface area contributed by atoms with Crippen LogP contribution in [0.15, 0.2) is 53.6 Å². The Morgan fingerprint density at radius 3 is 1.91 bits per heavy atom. The zero-order chi connectivity index (χ0) is 15.4. The van der Waals surface area contributed by atoms with E-state index < -0.39 is 0 Å². The molecular formula is C17H17Cl2N3. The SMILES string of the molecule is Clc1ccc(C=NN2CCN(c3ccc(Cl)cc3)CC2)cc1. The maximum Gasteiger partial charge on any atom is 0.0542 e. The van der Waals surface area contributed by atoms with Crippen LogP contribution < -0.4 is 4.90 Å². The molecule has 0 unspecified atom stereocenters. The van der Waals surface area contributed by atoms with Crippen molar-refractivity contribution < 1.29 is 0 Å². The zero-order valence-corrected chi connectivity index (χ0v) is 13.6. The summed E-state index contributed by atoms with van der Waals surface area (Å²) < 4.78 is 0. The zero-order valence-electron chi connectivity index (χ0n) is 12.1. The number of hydrogen-bond acceptors (Lipinski definition) is 3. The molecule has 0 spiro atoms. The first kappa shape index (κ1) is 15.2. The van der Waals surface area contributed by atoms with Crippen molar-refractivity contribution in [3.8, 4) is 0 Å². The average Bonchev–Trinajstić information content (AvgIpc) is 2.56. The molecule has 0 atom stereocenters. The highest BCUT2D eigenvalue weighted by molar-refractivity contribution is 6.30. The maximum absolute atomic E-state index is 5.93. The Labute approximate surface area is 140 Å². The summed E-state index contributed by atoms with van der Waals surface area (Å²) >= 11 is 11.8. The Bertz CT molecular complexity index is 630. The third-order valence-electron chi connectivity index (χ3n) is 3.69. The molecule has 0 N–H and O–H groups in total. The Morgan fingerprint density at radius 2 is 1.32 bits per heavy atom. The maximum atomic E-state index is 5.93. The number of rotatable bonds is 3. The van der Waals surface area contributed by atoms with Gasteiger partial charge in [-0.25, -0.2) is 0 Å². The summed E-state index contributed by atoms with van der Waals surface area (Å²) in [6.07, 6.45) is 1.88. The number of anilines is 1. The van der Waals surface area contributed by atoms with E-state index in [0.717, 1.165) is 41.8 Å². The van der Waals surface area contributed by atoms with Crippen molar-refractivity contribution in [2.45, 2.75) is 0 Å². The summed E-state index contributed by atoms with van der Waals surface area (Å²) in [6.45, 7) is 3.73. The molecule has 22 heavy (non-hydrogen) atoms. The van der Waals surface area contributed by atoms with Crippen LogP contribution in [0.1, 0.15) is 5.56 Å². The molecule has 0 radical (unpaired) electrons. The predicted octanol–water partition coefficient (Wildman–Crippen LogP) is 4.15. The van der Waals surface area contributed by atoms with Crippen molar-refractivity contribution >= 4 is 35.1 Å². The lowest BCUT2D eigenvalue weighted by atomic mass is 10.2. The van der Waals surface area contributed by atoms with Gasteiger partial charge in [-0.1, -0.05) is 35.3 Å². The smallest absolute Gasteiger partial charge is 0.0542 e. The second kappa shape index (κ2) is 7.03. The topological polar surface area (TPSA) is 18.8 Å². The molecule has 0 amide bonds. The first-order chi connectivity index (χ1) is 10.7. The van der Waals surface area contributed by atoms with Gasteiger partial charge in [-0.05, 0) is 42.0 Å². The van der Waals surface area contributed by atoms with Gasteiger partial charge in [0.1, 0.15) is 0 Å². The molecule has 0 bridgehead atoms. The first-order valence-corrected chi connectivity index (χ1v) is 8.01. The minimum absolute atomic E-state index is 0.744. The molecule has 1 heterocycles. The summed E-state index contributed by atoms with van der Waals surface area (Å²) in [5.41, 5.74) is 2.27. The molecule has 2 aromatic rings. The standard InChI is InChI=1S/C17H17Cl2N3/c18-15-3-1-14(2-4-15)13-20-22-11-9-21(10-12-22)17-7-5-16(19)6-8-17/h1-8,13H,9-12H2. The van der Waals surface area contributed by atoms with Crippen LogP contribution in [0.3, 0.4) is 0 Å². The second-order valence-electron chi connectivity index (χ2n) is 5.21. The van der Waals surface area contributed by atoms with E-state index in [1.807, 2.05) is 42.6 Å². The summed E-state index contributed by atoms with van der Waals surface area (Å²) in [5.74, 6) is 0. The molecule has 0 aromatic heterocycles. The Kier molecular flexibility index (Phi) is 4.86. The van der Waals surface area contributed by atoms with Gasteiger partial charge in [-0.2, -0.15) is 5.10 Å². The Balaban J connectivity index is 1.55. The first-order valence-electron chi connectivity index (χ1n) is 7.26. The Morgan fingerprint density at radius 1 is 0.773 bits per heavy atom. The van der Waals surface area contributed by atoms with Gasteiger partial charge in [0.15, 0.2) is 0 Å². The van der Waals surface area contributed by atoms with Crippen LogP contribution >= 0.6 is 23.2 Å². The quantitative estimate of drug-likeness (QED) is 0.786. The van der Waals surface area contributed by atoms with Crippen molar-refractivity contribution in [2.24, 2.45) is 5.10 Å². The molecule has 1 saturated heterocycles. The number of benzene rings is 2. The molecule has 5 heteroatoms. The van der Waals surface area contributed by atoms with E-state index in [-0.39, 0.29) is 0 Å². The van der Waals surface area contributed by atoms with Crippen LogP contribution in [-0.4, -0.2) is 37.4 Å². The van der Waals surface area contributed by atoms with E-state index in [9.17, 15) is 0 Å². The van der Waals surface area contributed by atoms with Crippen molar-refractivity contribution in [2.75, 3.05) is 31.1 Å². The molecule has 3 nitrogen and oxygen atoms in total. The minimum Gasteiger partial charge on any atom is -0.368 e. The molecule has 2 aromatic carbocycles. The number of piperazine rings is 1. The summed E-state index contributed by atoms with van der Waals surface area (Å²) in [6, 6.07) is 15.7. The third-order valence-corrected chi connectivity index (χ3v) is 4.19. The van der Waals surface area contributed by atoms with Crippen LogP contribution in [0, 0.1) is 0 Å². The number of hydrazone groups is 1. The van der Waals surface area contributed by atoms with Crippen molar-refractivity contribution in [1.29, 1.82) is 0 Å². The minimum atomic E-state index is 0.744. The molecule has 114 valence electrons. The highest BCUT2D eigenvalue weighted by Crippen LogP contribution is 2.19. The molecule has 3 rings (SSSR count).